The Morgan fingerprint density at radius 2 is 2.23 bits per heavy atom. The summed E-state index contributed by atoms with van der Waals surface area (Å²) in [5, 5.41) is 0.575. The van der Waals surface area contributed by atoms with Crippen molar-refractivity contribution in [3.8, 4) is 0 Å². The molecule has 0 radical (unpaired) electrons. The highest BCUT2D eigenvalue weighted by Gasteiger charge is 2.50. The van der Waals surface area contributed by atoms with E-state index >= 15 is 0 Å². The fraction of sp³-hybridized carbons (Fsp3) is 0.438. The Hall–Kier alpha value is -1.88. The SMILES string of the molecule is C=CC(=O)N1CCC1(C)C(=O)N1CCc2ncc(Cl)cc2C1. The second kappa shape index (κ2) is 5.39. The maximum Gasteiger partial charge on any atom is 0.248 e. The van der Waals surface area contributed by atoms with Crippen LogP contribution < -0.4 is 0 Å². The molecule has 2 amide bonds. The Labute approximate surface area is 134 Å². The van der Waals surface area contributed by atoms with E-state index in [1.807, 2.05) is 13.0 Å². The summed E-state index contributed by atoms with van der Waals surface area (Å²) < 4.78 is 0. The van der Waals surface area contributed by atoms with Crippen molar-refractivity contribution in [2.24, 2.45) is 0 Å². The van der Waals surface area contributed by atoms with Gasteiger partial charge in [0.05, 0.1) is 5.02 Å². The topological polar surface area (TPSA) is 53.5 Å². The first-order chi connectivity index (χ1) is 10.5. The number of hydrogen-bond donors (Lipinski definition) is 0. The third-order valence-corrected chi connectivity index (χ3v) is 4.82. The van der Waals surface area contributed by atoms with Gasteiger partial charge in [-0.3, -0.25) is 14.6 Å². The molecular formula is C16H18ClN3O2. The number of carbonyl (C=O) groups is 2. The highest BCUT2D eigenvalue weighted by molar-refractivity contribution is 6.30. The molecule has 2 aliphatic rings. The number of aromatic nitrogens is 1. The molecule has 1 aromatic rings. The largest absolute Gasteiger partial charge is 0.336 e. The molecule has 0 aromatic carbocycles. The molecule has 0 saturated carbocycles. The van der Waals surface area contributed by atoms with E-state index in [0.29, 0.717) is 37.5 Å². The first-order valence-electron chi connectivity index (χ1n) is 7.32. The van der Waals surface area contributed by atoms with Crippen LogP contribution in [0.5, 0.6) is 0 Å². The molecule has 6 heteroatoms. The molecule has 2 aliphatic heterocycles. The summed E-state index contributed by atoms with van der Waals surface area (Å²) >= 11 is 5.99. The summed E-state index contributed by atoms with van der Waals surface area (Å²) in [7, 11) is 0. The van der Waals surface area contributed by atoms with Gasteiger partial charge in [0, 0.05) is 37.9 Å². The van der Waals surface area contributed by atoms with E-state index < -0.39 is 5.54 Å². The number of fused-ring (bicyclic) bond motifs is 1. The van der Waals surface area contributed by atoms with Crippen molar-refractivity contribution in [1.29, 1.82) is 0 Å². The van der Waals surface area contributed by atoms with Crippen LogP contribution in [0.2, 0.25) is 5.02 Å². The zero-order chi connectivity index (χ0) is 15.9. The molecular weight excluding hydrogens is 302 g/mol. The van der Waals surface area contributed by atoms with Crippen molar-refractivity contribution >= 4 is 23.4 Å². The van der Waals surface area contributed by atoms with Crippen molar-refractivity contribution in [2.45, 2.75) is 31.8 Å². The molecule has 3 rings (SSSR count). The van der Waals surface area contributed by atoms with Crippen molar-refractivity contribution in [1.82, 2.24) is 14.8 Å². The minimum absolute atomic E-state index is 0.0143. The van der Waals surface area contributed by atoms with Gasteiger partial charge in [-0.2, -0.15) is 0 Å². The highest BCUT2D eigenvalue weighted by atomic mass is 35.5. The van der Waals surface area contributed by atoms with Crippen LogP contribution in [0, 0.1) is 0 Å². The lowest BCUT2D eigenvalue weighted by atomic mass is 9.84. The first kappa shape index (κ1) is 15.0. The second-order valence-electron chi connectivity index (χ2n) is 5.95. The van der Waals surface area contributed by atoms with Crippen LogP contribution in [0.4, 0.5) is 0 Å². The van der Waals surface area contributed by atoms with E-state index in [1.165, 1.54) is 6.08 Å². The summed E-state index contributed by atoms with van der Waals surface area (Å²) in [4.78, 5) is 32.4. The molecule has 1 atom stereocenters. The molecule has 22 heavy (non-hydrogen) atoms. The van der Waals surface area contributed by atoms with Crippen LogP contribution >= 0.6 is 11.6 Å². The Balaban J connectivity index is 1.79. The van der Waals surface area contributed by atoms with Crippen molar-refractivity contribution in [2.75, 3.05) is 13.1 Å². The number of amides is 2. The first-order valence-corrected chi connectivity index (χ1v) is 7.70. The highest BCUT2D eigenvalue weighted by Crippen LogP contribution is 2.34. The smallest absolute Gasteiger partial charge is 0.248 e. The standard InChI is InChI=1S/C16H18ClN3O2/c1-3-14(21)20-7-5-16(20,2)15(22)19-6-4-13-11(10-19)8-12(17)9-18-13/h3,8-9H,1,4-7,10H2,2H3. The molecule has 5 nitrogen and oxygen atoms in total. The molecule has 1 unspecified atom stereocenters. The minimum atomic E-state index is -0.755. The van der Waals surface area contributed by atoms with Crippen LogP contribution in [-0.4, -0.2) is 45.2 Å². The lowest BCUT2D eigenvalue weighted by Crippen LogP contribution is -2.67. The van der Waals surface area contributed by atoms with Crippen molar-refractivity contribution < 1.29 is 9.59 Å². The molecule has 3 heterocycles. The van der Waals surface area contributed by atoms with Crippen LogP contribution in [0.15, 0.2) is 24.9 Å². The third kappa shape index (κ3) is 2.29. The Kier molecular flexibility index (Phi) is 3.68. The number of nitrogens with zero attached hydrogens (tertiary/aromatic N) is 3. The predicted octanol–water partition coefficient (Wildman–Crippen LogP) is 1.80. The average molecular weight is 320 g/mol. The number of likely N-dealkylation sites (tertiary alicyclic amines) is 1. The maximum absolute atomic E-state index is 12.9. The zero-order valence-corrected chi connectivity index (χ0v) is 13.3. The molecule has 0 spiro atoms. The zero-order valence-electron chi connectivity index (χ0n) is 12.5. The van der Waals surface area contributed by atoms with E-state index in [0.717, 1.165) is 11.3 Å². The normalized spacial score (nSPS) is 23.5. The number of rotatable bonds is 2. The summed E-state index contributed by atoms with van der Waals surface area (Å²) in [6.45, 7) is 7.04. The number of carbonyl (C=O) groups excluding carboxylic acids is 2. The third-order valence-electron chi connectivity index (χ3n) is 4.61. The second-order valence-corrected chi connectivity index (χ2v) is 6.39. The molecule has 1 saturated heterocycles. The molecule has 0 N–H and O–H groups in total. The Morgan fingerprint density at radius 3 is 2.86 bits per heavy atom. The predicted molar refractivity (Wildman–Crippen MR) is 83.3 cm³/mol. The number of hydrogen-bond acceptors (Lipinski definition) is 3. The Bertz CT molecular complexity index is 661. The lowest BCUT2D eigenvalue weighted by Gasteiger charge is -2.51. The van der Waals surface area contributed by atoms with Gasteiger partial charge in [-0.15, -0.1) is 0 Å². The van der Waals surface area contributed by atoms with Gasteiger partial charge in [0.2, 0.25) is 11.8 Å². The molecule has 1 aromatic heterocycles. The average Bonchev–Trinajstić information content (AvgIpc) is 2.51. The van der Waals surface area contributed by atoms with Gasteiger partial charge in [-0.05, 0) is 31.1 Å². The van der Waals surface area contributed by atoms with Gasteiger partial charge in [-0.1, -0.05) is 18.2 Å². The fourth-order valence-electron chi connectivity index (χ4n) is 3.16. The van der Waals surface area contributed by atoms with E-state index in [4.69, 9.17) is 11.6 Å². The summed E-state index contributed by atoms with van der Waals surface area (Å²) in [5.74, 6) is -0.205. The lowest BCUT2D eigenvalue weighted by molar-refractivity contribution is -0.162. The van der Waals surface area contributed by atoms with Crippen molar-refractivity contribution in [3.05, 3.63) is 41.2 Å². The number of pyridine rings is 1. The van der Waals surface area contributed by atoms with Crippen LogP contribution in [0.25, 0.3) is 0 Å². The van der Waals surface area contributed by atoms with Crippen molar-refractivity contribution in [3.63, 3.8) is 0 Å². The van der Waals surface area contributed by atoms with Gasteiger partial charge in [-0.25, -0.2) is 0 Å². The maximum atomic E-state index is 12.9. The minimum Gasteiger partial charge on any atom is -0.336 e. The van der Waals surface area contributed by atoms with Gasteiger partial charge >= 0.3 is 0 Å². The monoisotopic (exact) mass is 319 g/mol. The van der Waals surface area contributed by atoms with Gasteiger partial charge in [0.25, 0.3) is 0 Å². The molecule has 1 fully saturated rings. The van der Waals surface area contributed by atoms with Gasteiger partial charge in [0.15, 0.2) is 0 Å². The molecule has 0 bridgehead atoms. The van der Waals surface area contributed by atoms with Crippen LogP contribution in [-0.2, 0) is 22.6 Å². The Morgan fingerprint density at radius 1 is 1.45 bits per heavy atom. The summed E-state index contributed by atoms with van der Waals surface area (Å²) in [6.07, 6.45) is 4.29. The van der Waals surface area contributed by atoms with E-state index in [1.54, 1.807) is 16.0 Å². The van der Waals surface area contributed by atoms with E-state index in [2.05, 4.69) is 11.6 Å². The van der Waals surface area contributed by atoms with Gasteiger partial charge < -0.3 is 9.80 Å². The quantitative estimate of drug-likeness (QED) is 0.781. The number of halogens is 1. The molecule has 0 aliphatic carbocycles. The van der Waals surface area contributed by atoms with E-state index in [9.17, 15) is 9.59 Å². The summed E-state index contributed by atoms with van der Waals surface area (Å²) in [5.41, 5.74) is 1.22. The van der Waals surface area contributed by atoms with Crippen LogP contribution in [0.1, 0.15) is 24.6 Å². The van der Waals surface area contributed by atoms with Gasteiger partial charge in [0.1, 0.15) is 5.54 Å². The van der Waals surface area contributed by atoms with E-state index in [-0.39, 0.29) is 11.8 Å². The van der Waals surface area contributed by atoms with Crippen LogP contribution in [0.3, 0.4) is 0 Å². The summed E-state index contributed by atoms with van der Waals surface area (Å²) in [6, 6.07) is 1.86. The molecule has 116 valence electrons. The fourth-order valence-corrected chi connectivity index (χ4v) is 3.34.